The molecule has 4 heteroatoms. The van der Waals surface area contributed by atoms with Crippen LogP contribution in [0.25, 0.3) is 11.1 Å². The van der Waals surface area contributed by atoms with Gasteiger partial charge in [-0.1, -0.05) is 66.7 Å². The van der Waals surface area contributed by atoms with E-state index in [0.29, 0.717) is 18.5 Å². The number of amides is 2. The summed E-state index contributed by atoms with van der Waals surface area (Å²) in [4.78, 5) is 26.5. The predicted octanol–water partition coefficient (Wildman–Crippen LogP) is 4.97. The Labute approximate surface area is 177 Å². The molecule has 0 aromatic heterocycles. The number of carbonyl (C=O) groups is 2. The molecule has 152 valence electrons. The van der Waals surface area contributed by atoms with E-state index in [-0.39, 0.29) is 17.9 Å². The number of rotatable bonds is 6. The Kier molecular flexibility index (Phi) is 5.94. The topological polar surface area (TPSA) is 49.4 Å². The fourth-order valence-corrected chi connectivity index (χ4v) is 3.86. The van der Waals surface area contributed by atoms with Gasteiger partial charge in [0.05, 0.1) is 6.04 Å². The molecule has 1 aliphatic rings. The van der Waals surface area contributed by atoms with Crippen molar-refractivity contribution in [1.82, 2.24) is 10.2 Å². The van der Waals surface area contributed by atoms with Gasteiger partial charge in [-0.05, 0) is 47.7 Å². The predicted molar refractivity (Wildman–Crippen MR) is 119 cm³/mol. The lowest BCUT2D eigenvalue weighted by molar-refractivity contribution is -0.128. The maximum absolute atomic E-state index is 12.8. The quantitative estimate of drug-likeness (QED) is 0.637. The van der Waals surface area contributed by atoms with Crippen LogP contribution in [0.4, 0.5) is 0 Å². The van der Waals surface area contributed by atoms with Crippen LogP contribution in [0, 0.1) is 0 Å². The lowest BCUT2D eigenvalue weighted by Gasteiger charge is -2.17. The number of hydrogen-bond donors (Lipinski definition) is 1. The van der Waals surface area contributed by atoms with Crippen molar-refractivity contribution >= 4 is 11.8 Å². The minimum absolute atomic E-state index is 0.105. The molecule has 1 saturated heterocycles. The normalized spacial score (nSPS) is 14.6. The minimum atomic E-state index is -0.107. The molecule has 1 atom stereocenters. The van der Waals surface area contributed by atoms with Crippen molar-refractivity contribution < 1.29 is 9.59 Å². The highest BCUT2D eigenvalue weighted by molar-refractivity contribution is 5.94. The van der Waals surface area contributed by atoms with Gasteiger partial charge in [0.15, 0.2) is 0 Å². The highest BCUT2D eigenvalue weighted by Gasteiger charge is 2.20. The van der Waals surface area contributed by atoms with E-state index < -0.39 is 0 Å². The van der Waals surface area contributed by atoms with Gasteiger partial charge in [-0.2, -0.15) is 0 Å². The molecule has 4 rings (SSSR count). The highest BCUT2D eigenvalue weighted by atomic mass is 16.2. The van der Waals surface area contributed by atoms with Gasteiger partial charge >= 0.3 is 0 Å². The van der Waals surface area contributed by atoms with E-state index in [9.17, 15) is 9.59 Å². The SMILES string of the molecule is C[C@H](NC(=O)c1cccc(CN2CCCC2=O)c1)c1ccc(-c2ccccc2)cc1. The molecule has 0 bridgehead atoms. The standard InChI is InChI=1S/C26H26N2O2/c1-19(21-12-14-23(15-13-21)22-8-3-2-4-9-22)27-26(30)24-10-5-7-20(17-24)18-28-16-6-11-25(28)29/h2-5,7-10,12-15,17,19H,6,11,16,18H2,1H3,(H,27,30)/t19-/m0/s1. The highest BCUT2D eigenvalue weighted by Crippen LogP contribution is 2.22. The Hall–Kier alpha value is -3.40. The molecular formula is C26H26N2O2. The summed E-state index contributed by atoms with van der Waals surface area (Å²) in [6, 6.07) is 26.0. The van der Waals surface area contributed by atoms with Gasteiger partial charge in [0.2, 0.25) is 5.91 Å². The number of hydrogen-bond acceptors (Lipinski definition) is 2. The molecule has 4 nitrogen and oxygen atoms in total. The van der Waals surface area contributed by atoms with Crippen LogP contribution in [0.5, 0.6) is 0 Å². The first-order valence-electron chi connectivity index (χ1n) is 10.4. The third kappa shape index (κ3) is 4.60. The summed E-state index contributed by atoms with van der Waals surface area (Å²) >= 11 is 0. The summed E-state index contributed by atoms with van der Waals surface area (Å²) in [6.45, 7) is 3.35. The van der Waals surface area contributed by atoms with Crippen molar-refractivity contribution in [2.24, 2.45) is 0 Å². The molecule has 1 heterocycles. The van der Waals surface area contributed by atoms with Crippen molar-refractivity contribution in [1.29, 1.82) is 0 Å². The Morgan fingerprint density at radius 1 is 0.967 bits per heavy atom. The van der Waals surface area contributed by atoms with Crippen LogP contribution >= 0.6 is 0 Å². The molecule has 0 saturated carbocycles. The molecular weight excluding hydrogens is 372 g/mol. The van der Waals surface area contributed by atoms with Gasteiger partial charge in [-0.15, -0.1) is 0 Å². The number of benzene rings is 3. The lowest BCUT2D eigenvalue weighted by atomic mass is 10.0. The zero-order chi connectivity index (χ0) is 20.9. The Morgan fingerprint density at radius 3 is 2.40 bits per heavy atom. The summed E-state index contributed by atoms with van der Waals surface area (Å²) in [5.41, 5.74) is 4.99. The van der Waals surface area contributed by atoms with Crippen molar-refractivity contribution in [3.8, 4) is 11.1 Å². The van der Waals surface area contributed by atoms with Gasteiger partial charge in [0, 0.05) is 25.1 Å². The van der Waals surface area contributed by atoms with E-state index >= 15 is 0 Å². The van der Waals surface area contributed by atoms with Gasteiger partial charge in [0.1, 0.15) is 0 Å². The maximum Gasteiger partial charge on any atom is 0.251 e. The minimum Gasteiger partial charge on any atom is -0.346 e. The Bertz CT molecular complexity index is 1030. The molecule has 1 fully saturated rings. The lowest BCUT2D eigenvalue weighted by Crippen LogP contribution is -2.27. The number of likely N-dealkylation sites (tertiary alicyclic amines) is 1. The van der Waals surface area contributed by atoms with E-state index in [1.807, 2.05) is 54.3 Å². The van der Waals surface area contributed by atoms with Crippen LogP contribution in [0.2, 0.25) is 0 Å². The second kappa shape index (κ2) is 8.95. The number of carbonyl (C=O) groups excluding carboxylic acids is 2. The fraction of sp³-hybridized carbons (Fsp3) is 0.231. The van der Waals surface area contributed by atoms with E-state index in [4.69, 9.17) is 0 Å². The molecule has 0 spiro atoms. The smallest absolute Gasteiger partial charge is 0.251 e. The average Bonchev–Trinajstić information content (AvgIpc) is 3.19. The van der Waals surface area contributed by atoms with Crippen LogP contribution in [0.1, 0.15) is 47.3 Å². The molecule has 3 aromatic carbocycles. The van der Waals surface area contributed by atoms with Gasteiger partial charge in [-0.25, -0.2) is 0 Å². The summed E-state index contributed by atoms with van der Waals surface area (Å²) < 4.78 is 0. The van der Waals surface area contributed by atoms with E-state index in [0.717, 1.165) is 29.7 Å². The molecule has 1 aliphatic heterocycles. The summed E-state index contributed by atoms with van der Waals surface area (Å²) in [6.07, 6.45) is 1.54. The van der Waals surface area contributed by atoms with Crippen molar-refractivity contribution in [2.45, 2.75) is 32.4 Å². The fourth-order valence-electron chi connectivity index (χ4n) is 3.86. The zero-order valence-corrected chi connectivity index (χ0v) is 17.2. The largest absolute Gasteiger partial charge is 0.346 e. The zero-order valence-electron chi connectivity index (χ0n) is 17.2. The van der Waals surface area contributed by atoms with Gasteiger partial charge in [-0.3, -0.25) is 9.59 Å². The van der Waals surface area contributed by atoms with Crippen LogP contribution < -0.4 is 5.32 Å². The van der Waals surface area contributed by atoms with E-state index in [1.54, 1.807) is 0 Å². The summed E-state index contributed by atoms with van der Waals surface area (Å²) in [5, 5.41) is 3.08. The van der Waals surface area contributed by atoms with E-state index in [2.05, 4.69) is 41.7 Å². The molecule has 0 aliphatic carbocycles. The maximum atomic E-state index is 12.8. The number of nitrogens with one attached hydrogen (secondary N) is 1. The Morgan fingerprint density at radius 2 is 1.70 bits per heavy atom. The molecule has 0 radical (unpaired) electrons. The molecule has 3 aromatic rings. The second-order valence-corrected chi connectivity index (χ2v) is 7.80. The first-order chi connectivity index (χ1) is 14.6. The van der Waals surface area contributed by atoms with Gasteiger partial charge in [0.25, 0.3) is 5.91 Å². The van der Waals surface area contributed by atoms with Crippen LogP contribution in [-0.4, -0.2) is 23.3 Å². The van der Waals surface area contributed by atoms with Crippen LogP contribution in [0.3, 0.4) is 0 Å². The third-order valence-electron chi connectivity index (χ3n) is 5.60. The molecule has 0 unspecified atom stereocenters. The summed E-state index contributed by atoms with van der Waals surface area (Å²) in [5.74, 6) is 0.0849. The molecule has 30 heavy (non-hydrogen) atoms. The van der Waals surface area contributed by atoms with Crippen molar-refractivity contribution in [2.75, 3.05) is 6.54 Å². The van der Waals surface area contributed by atoms with Crippen LogP contribution in [0.15, 0.2) is 78.9 Å². The number of nitrogens with zero attached hydrogens (tertiary/aromatic N) is 1. The average molecular weight is 399 g/mol. The van der Waals surface area contributed by atoms with Crippen LogP contribution in [-0.2, 0) is 11.3 Å². The van der Waals surface area contributed by atoms with Gasteiger partial charge < -0.3 is 10.2 Å². The third-order valence-corrected chi connectivity index (χ3v) is 5.60. The van der Waals surface area contributed by atoms with Crippen molar-refractivity contribution in [3.05, 3.63) is 95.6 Å². The van der Waals surface area contributed by atoms with E-state index in [1.165, 1.54) is 5.56 Å². The monoisotopic (exact) mass is 398 g/mol. The first kappa shape index (κ1) is 19.9. The second-order valence-electron chi connectivity index (χ2n) is 7.80. The molecule has 2 amide bonds. The first-order valence-corrected chi connectivity index (χ1v) is 10.4. The Balaban J connectivity index is 1.41. The molecule has 1 N–H and O–H groups in total. The van der Waals surface area contributed by atoms with Crippen molar-refractivity contribution in [3.63, 3.8) is 0 Å². The summed E-state index contributed by atoms with van der Waals surface area (Å²) in [7, 11) is 0.